The SMILES string of the molecule is Cc1ccc(C(=O)O)cc1.NC(=O)OCC(N)Cc1ccccc1. The Labute approximate surface area is 141 Å². The number of carboxylic acid groups (broad SMARTS) is 1. The number of ether oxygens (including phenoxy) is 1. The first-order valence-electron chi connectivity index (χ1n) is 7.40. The molecule has 0 aromatic heterocycles. The Morgan fingerprint density at radius 3 is 2.17 bits per heavy atom. The number of carbonyl (C=O) groups excluding carboxylic acids is 1. The Morgan fingerprint density at radius 2 is 1.67 bits per heavy atom. The zero-order chi connectivity index (χ0) is 17.9. The van der Waals surface area contributed by atoms with Crippen LogP contribution in [0.3, 0.4) is 0 Å². The zero-order valence-electron chi connectivity index (χ0n) is 13.5. The maximum atomic E-state index is 10.3. The molecule has 2 rings (SSSR count). The molecule has 128 valence electrons. The molecule has 0 saturated heterocycles. The van der Waals surface area contributed by atoms with Gasteiger partial charge in [-0.25, -0.2) is 9.59 Å². The van der Waals surface area contributed by atoms with E-state index in [2.05, 4.69) is 4.74 Å². The van der Waals surface area contributed by atoms with Crippen molar-refractivity contribution < 1.29 is 19.4 Å². The Bertz CT molecular complexity index is 642. The number of aryl methyl sites for hydroxylation is 1. The van der Waals surface area contributed by atoms with Gasteiger partial charge in [-0.1, -0.05) is 48.0 Å². The van der Waals surface area contributed by atoms with E-state index in [-0.39, 0.29) is 12.6 Å². The molecule has 0 saturated carbocycles. The highest BCUT2D eigenvalue weighted by atomic mass is 16.5. The summed E-state index contributed by atoms with van der Waals surface area (Å²) in [5.41, 5.74) is 13.1. The summed E-state index contributed by atoms with van der Waals surface area (Å²) < 4.78 is 4.59. The molecule has 0 spiro atoms. The number of rotatable bonds is 5. The van der Waals surface area contributed by atoms with E-state index in [1.54, 1.807) is 24.3 Å². The van der Waals surface area contributed by atoms with Crippen LogP contribution in [0.15, 0.2) is 54.6 Å². The first-order valence-corrected chi connectivity index (χ1v) is 7.40. The van der Waals surface area contributed by atoms with Gasteiger partial charge in [-0.3, -0.25) is 0 Å². The summed E-state index contributed by atoms with van der Waals surface area (Å²) in [6.45, 7) is 2.08. The number of benzene rings is 2. The Morgan fingerprint density at radius 1 is 1.08 bits per heavy atom. The summed E-state index contributed by atoms with van der Waals surface area (Å²) in [5, 5.41) is 8.48. The zero-order valence-corrected chi connectivity index (χ0v) is 13.5. The van der Waals surface area contributed by atoms with Crippen LogP contribution >= 0.6 is 0 Å². The van der Waals surface area contributed by atoms with Crippen LogP contribution in [-0.2, 0) is 11.2 Å². The molecule has 1 atom stereocenters. The van der Waals surface area contributed by atoms with Crippen LogP contribution in [0.2, 0.25) is 0 Å². The molecule has 0 aliphatic rings. The average Bonchev–Trinajstić information content (AvgIpc) is 2.55. The molecule has 1 amide bonds. The van der Waals surface area contributed by atoms with Crippen LogP contribution in [0.25, 0.3) is 0 Å². The van der Waals surface area contributed by atoms with Crippen molar-refractivity contribution >= 4 is 12.1 Å². The summed E-state index contributed by atoms with van der Waals surface area (Å²) in [5.74, 6) is -0.875. The Kier molecular flexibility index (Phi) is 8.01. The minimum atomic E-state index is -0.875. The normalized spacial score (nSPS) is 10.9. The number of aromatic carboxylic acids is 1. The summed E-state index contributed by atoms with van der Waals surface area (Å²) >= 11 is 0. The highest BCUT2D eigenvalue weighted by Gasteiger charge is 2.05. The first-order chi connectivity index (χ1) is 11.4. The molecule has 6 nitrogen and oxygen atoms in total. The fourth-order valence-corrected chi connectivity index (χ4v) is 1.86. The van der Waals surface area contributed by atoms with E-state index in [4.69, 9.17) is 16.6 Å². The molecule has 2 aromatic rings. The lowest BCUT2D eigenvalue weighted by atomic mass is 10.1. The molecule has 0 fully saturated rings. The maximum absolute atomic E-state index is 10.3. The number of amides is 1. The van der Waals surface area contributed by atoms with Crippen molar-refractivity contribution in [2.75, 3.05) is 6.61 Å². The summed E-state index contributed by atoms with van der Waals surface area (Å²) in [6.07, 6.45) is -0.109. The molecule has 1 unspecified atom stereocenters. The number of carbonyl (C=O) groups is 2. The van der Waals surface area contributed by atoms with E-state index >= 15 is 0 Å². The Balaban J connectivity index is 0.000000254. The molecular weight excluding hydrogens is 308 g/mol. The fraction of sp³-hybridized carbons (Fsp3) is 0.222. The van der Waals surface area contributed by atoms with Crippen molar-refractivity contribution in [3.8, 4) is 0 Å². The van der Waals surface area contributed by atoms with Crippen molar-refractivity contribution in [1.29, 1.82) is 0 Å². The average molecular weight is 330 g/mol. The lowest BCUT2D eigenvalue weighted by Gasteiger charge is -2.10. The Hall–Kier alpha value is -2.86. The van der Waals surface area contributed by atoms with Gasteiger partial charge < -0.3 is 21.3 Å². The number of carboxylic acids is 1. The minimum Gasteiger partial charge on any atom is -0.478 e. The van der Waals surface area contributed by atoms with E-state index in [1.165, 1.54) is 0 Å². The van der Waals surface area contributed by atoms with Gasteiger partial charge in [0.05, 0.1) is 5.56 Å². The van der Waals surface area contributed by atoms with Gasteiger partial charge >= 0.3 is 12.1 Å². The molecule has 0 heterocycles. The number of nitrogens with two attached hydrogens (primary N) is 2. The van der Waals surface area contributed by atoms with Gasteiger partial charge in [0.2, 0.25) is 0 Å². The van der Waals surface area contributed by atoms with Gasteiger partial charge in [-0.15, -0.1) is 0 Å². The highest BCUT2D eigenvalue weighted by molar-refractivity contribution is 5.87. The molecule has 6 heteroatoms. The second-order valence-electron chi connectivity index (χ2n) is 5.25. The monoisotopic (exact) mass is 330 g/mol. The number of hydrogen-bond donors (Lipinski definition) is 3. The second kappa shape index (κ2) is 10.0. The first kappa shape index (κ1) is 19.2. The van der Waals surface area contributed by atoms with Crippen molar-refractivity contribution in [3.63, 3.8) is 0 Å². The van der Waals surface area contributed by atoms with Crippen molar-refractivity contribution in [2.24, 2.45) is 11.5 Å². The standard InChI is InChI=1S/C10H14N2O2.C8H8O2/c11-9(7-14-10(12)13)6-8-4-2-1-3-5-8;1-6-2-4-7(5-3-6)8(9)10/h1-5,9H,6-7,11H2,(H2,12,13);2-5H,1H3,(H,9,10). The van der Waals surface area contributed by atoms with Crippen LogP contribution < -0.4 is 11.5 Å². The van der Waals surface area contributed by atoms with Gasteiger partial charge in [-0.05, 0) is 31.0 Å². The summed E-state index contributed by atoms with van der Waals surface area (Å²) in [6, 6.07) is 16.3. The molecule has 0 bridgehead atoms. The smallest absolute Gasteiger partial charge is 0.404 e. The second-order valence-corrected chi connectivity index (χ2v) is 5.25. The number of hydrogen-bond acceptors (Lipinski definition) is 4. The predicted molar refractivity (Wildman–Crippen MR) is 91.8 cm³/mol. The van der Waals surface area contributed by atoms with Gasteiger partial charge in [0, 0.05) is 6.04 Å². The van der Waals surface area contributed by atoms with Crippen LogP contribution in [0.4, 0.5) is 4.79 Å². The largest absolute Gasteiger partial charge is 0.478 e. The molecule has 5 N–H and O–H groups in total. The quantitative estimate of drug-likeness (QED) is 0.778. The van der Waals surface area contributed by atoms with Crippen LogP contribution in [0.5, 0.6) is 0 Å². The van der Waals surface area contributed by atoms with Crippen molar-refractivity contribution in [3.05, 3.63) is 71.3 Å². The van der Waals surface area contributed by atoms with E-state index in [0.29, 0.717) is 12.0 Å². The van der Waals surface area contributed by atoms with Gasteiger partial charge in [0.1, 0.15) is 6.61 Å². The third-order valence-electron chi connectivity index (χ3n) is 3.08. The number of primary amides is 1. The topological polar surface area (TPSA) is 116 Å². The maximum Gasteiger partial charge on any atom is 0.404 e. The third kappa shape index (κ3) is 7.95. The molecule has 0 aliphatic heterocycles. The van der Waals surface area contributed by atoms with E-state index in [0.717, 1.165) is 11.1 Å². The van der Waals surface area contributed by atoms with E-state index in [1.807, 2.05) is 37.3 Å². The van der Waals surface area contributed by atoms with Crippen molar-refractivity contribution in [1.82, 2.24) is 0 Å². The lowest BCUT2D eigenvalue weighted by Crippen LogP contribution is -2.31. The molecule has 0 aliphatic carbocycles. The lowest BCUT2D eigenvalue weighted by molar-refractivity contribution is 0.0697. The third-order valence-corrected chi connectivity index (χ3v) is 3.08. The van der Waals surface area contributed by atoms with Gasteiger partial charge in [0.25, 0.3) is 0 Å². The van der Waals surface area contributed by atoms with Crippen LogP contribution in [0.1, 0.15) is 21.5 Å². The van der Waals surface area contributed by atoms with Crippen LogP contribution in [0, 0.1) is 6.92 Å². The molecule has 2 aromatic carbocycles. The highest BCUT2D eigenvalue weighted by Crippen LogP contribution is 2.02. The van der Waals surface area contributed by atoms with Gasteiger partial charge in [-0.2, -0.15) is 0 Å². The van der Waals surface area contributed by atoms with Crippen molar-refractivity contribution in [2.45, 2.75) is 19.4 Å². The van der Waals surface area contributed by atoms with Crippen LogP contribution in [-0.4, -0.2) is 29.8 Å². The summed E-state index contributed by atoms with van der Waals surface area (Å²) in [7, 11) is 0. The minimum absolute atomic E-state index is 0.157. The van der Waals surface area contributed by atoms with E-state index in [9.17, 15) is 9.59 Å². The fourth-order valence-electron chi connectivity index (χ4n) is 1.86. The molecular formula is C18H22N2O4. The summed E-state index contributed by atoms with van der Waals surface area (Å²) in [4.78, 5) is 20.6. The molecule has 24 heavy (non-hydrogen) atoms. The van der Waals surface area contributed by atoms with Gasteiger partial charge in [0.15, 0.2) is 0 Å². The van der Waals surface area contributed by atoms with E-state index < -0.39 is 12.1 Å². The predicted octanol–water partition coefficient (Wildman–Crippen LogP) is 2.34. The molecule has 0 radical (unpaired) electrons.